The molecule has 1 aliphatic heterocycles. The summed E-state index contributed by atoms with van der Waals surface area (Å²) in [6.45, 7) is 4.62. The summed E-state index contributed by atoms with van der Waals surface area (Å²) in [5.41, 5.74) is 6.00. The van der Waals surface area contributed by atoms with E-state index < -0.39 is 0 Å². The van der Waals surface area contributed by atoms with Gasteiger partial charge in [0, 0.05) is 42.4 Å². The van der Waals surface area contributed by atoms with Gasteiger partial charge in [-0.2, -0.15) is 0 Å². The average molecular weight is 514 g/mol. The van der Waals surface area contributed by atoms with Gasteiger partial charge in [0.2, 0.25) is 5.91 Å². The number of amides is 1. The van der Waals surface area contributed by atoms with E-state index in [0.717, 1.165) is 17.1 Å². The lowest BCUT2D eigenvalue weighted by Crippen LogP contribution is -2.33. The topological polar surface area (TPSA) is 62.2 Å². The molecule has 188 valence electrons. The van der Waals surface area contributed by atoms with Crippen LogP contribution in [-0.2, 0) is 4.79 Å². The number of rotatable bonds is 7. The van der Waals surface area contributed by atoms with Crippen molar-refractivity contribution in [3.8, 4) is 5.69 Å². The highest BCUT2D eigenvalue weighted by Gasteiger charge is 2.41. The molecule has 37 heavy (non-hydrogen) atoms. The van der Waals surface area contributed by atoms with E-state index in [-0.39, 0.29) is 30.2 Å². The van der Waals surface area contributed by atoms with E-state index in [1.165, 1.54) is 23.3 Å². The molecule has 2 aromatic heterocycles. The second-order valence-electron chi connectivity index (χ2n) is 9.20. The molecule has 6 nitrogen and oxygen atoms in total. The molecule has 1 saturated heterocycles. The predicted octanol–water partition coefficient (Wildman–Crippen LogP) is 5.63. The number of benzene rings is 2. The van der Waals surface area contributed by atoms with Gasteiger partial charge in [-0.05, 0) is 97.9 Å². The summed E-state index contributed by atoms with van der Waals surface area (Å²) in [6, 6.07) is 21.8. The molecule has 1 fully saturated rings. The van der Waals surface area contributed by atoms with Crippen LogP contribution >= 0.6 is 12.2 Å². The van der Waals surface area contributed by atoms with E-state index >= 15 is 0 Å². The van der Waals surface area contributed by atoms with E-state index in [1.807, 2.05) is 24.3 Å². The van der Waals surface area contributed by atoms with Gasteiger partial charge in [0.05, 0.1) is 17.8 Å². The van der Waals surface area contributed by atoms with Gasteiger partial charge in [-0.1, -0.05) is 12.1 Å². The Morgan fingerprint density at radius 3 is 2.59 bits per heavy atom. The fraction of sp³-hybridized carbons (Fsp3) is 0.207. The van der Waals surface area contributed by atoms with Gasteiger partial charge in [0.1, 0.15) is 5.82 Å². The van der Waals surface area contributed by atoms with E-state index in [0.29, 0.717) is 17.3 Å². The Bertz CT molecular complexity index is 1420. The van der Waals surface area contributed by atoms with Crippen LogP contribution in [0.2, 0.25) is 0 Å². The van der Waals surface area contributed by atoms with Crippen LogP contribution in [0.25, 0.3) is 5.69 Å². The van der Waals surface area contributed by atoms with Gasteiger partial charge in [-0.15, -0.1) is 0 Å². The Labute approximate surface area is 221 Å². The Morgan fingerprint density at radius 2 is 1.86 bits per heavy atom. The molecule has 8 heteroatoms. The predicted molar refractivity (Wildman–Crippen MR) is 147 cm³/mol. The van der Waals surface area contributed by atoms with E-state index in [2.05, 4.69) is 69.4 Å². The van der Waals surface area contributed by atoms with E-state index in [4.69, 9.17) is 12.2 Å². The Kier molecular flexibility index (Phi) is 7.01. The molecule has 1 aliphatic rings. The molecule has 5 rings (SSSR count). The second kappa shape index (κ2) is 10.5. The lowest BCUT2D eigenvalue weighted by atomic mass is 10.0. The van der Waals surface area contributed by atoms with Gasteiger partial charge < -0.3 is 20.1 Å². The SMILES string of the molecule is Cc1ccc(-n2cccc2[C@H]2[C@H](c3ccccn3)NC(=S)N2CCC(=O)Nc2ccc(F)cc2)cc1C. The Balaban J connectivity index is 1.44. The average Bonchev–Trinajstić information content (AvgIpc) is 3.50. The van der Waals surface area contributed by atoms with Crippen molar-refractivity contribution in [1.29, 1.82) is 0 Å². The number of thiocarbonyl (C=S) groups is 1. The lowest BCUT2D eigenvalue weighted by molar-refractivity contribution is -0.116. The fourth-order valence-electron chi connectivity index (χ4n) is 4.69. The highest BCUT2D eigenvalue weighted by Crippen LogP contribution is 2.39. The molecular formula is C29H28FN5OS. The number of anilines is 1. The summed E-state index contributed by atoms with van der Waals surface area (Å²) in [7, 11) is 0. The van der Waals surface area contributed by atoms with Crippen LogP contribution in [0.15, 0.2) is 85.2 Å². The van der Waals surface area contributed by atoms with Crippen molar-refractivity contribution in [3.63, 3.8) is 0 Å². The van der Waals surface area contributed by atoms with E-state index in [9.17, 15) is 9.18 Å². The smallest absolute Gasteiger partial charge is 0.226 e. The second-order valence-corrected chi connectivity index (χ2v) is 9.58. The minimum absolute atomic E-state index is 0.168. The first kappa shape index (κ1) is 24.6. The number of hydrogen-bond acceptors (Lipinski definition) is 3. The highest BCUT2D eigenvalue weighted by atomic mass is 32.1. The van der Waals surface area contributed by atoms with Crippen molar-refractivity contribution in [2.24, 2.45) is 0 Å². The summed E-state index contributed by atoms with van der Waals surface area (Å²) in [5, 5.41) is 6.85. The van der Waals surface area contributed by atoms with Crippen LogP contribution in [0, 0.1) is 19.7 Å². The molecule has 0 saturated carbocycles. The normalized spacial score (nSPS) is 17.1. The van der Waals surface area contributed by atoms with Crippen molar-refractivity contribution < 1.29 is 9.18 Å². The van der Waals surface area contributed by atoms with Crippen molar-refractivity contribution in [2.45, 2.75) is 32.4 Å². The quantitative estimate of drug-likeness (QED) is 0.314. The number of aromatic nitrogens is 2. The monoisotopic (exact) mass is 513 g/mol. The zero-order chi connectivity index (χ0) is 25.9. The van der Waals surface area contributed by atoms with Crippen molar-refractivity contribution >= 4 is 28.9 Å². The van der Waals surface area contributed by atoms with Crippen molar-refractivity contribution in [2.75, 3.05) is 11.9 Å². The number of carbonyl (C=O) groups is 1. The number of nitrogens with one attached hydrogen (secondary N) is 2. The Morgan fingerprint density at radius 1 is 1.05 bits per heavy atom. The summed E-state index contributed by atoms with van der Waals surface area (Å²) in [5.74, 6) is -0.513. The van der Waals surface area contributed by atoms with Gasteiger partial charge in [-0.3, -0.25) is 9.78 Å². The Hall–Kier alpha value is -4.04. The first-order chi connectivity index (χ1) is 17.9. The number of pyridine rings is 1. The van der Waals surface area contributed by atoms with Gasteiger partial charge in [-0.25, -0.2) is 4.39 Å². The number of halogens is 1. The molecule has 4 aromatic rings. The van der Waals surface area contributed by atoms with Gasteiger partial charge >= 0.3 is 0 Å². The van der Waals surface area contributed by atoms with Crippen LogP contribution in [0.4, 0.5) is 10.1 Å². The summed E-state index contributed by atoms with van der Waals surface area (Å²) >= 11 is 5.77. The van der Waals surface area contributed by atoms with Crippen molar-refractivity contribution in [3.05, 3.63) is 114 Å². The molecule has 0 spiro atoms. The molecule has 2 atom stereocenters. The lowest BCUT2D eigenvalue weighted by Gasteiger charge is -2.29. The molecule has 0 radical (unpaired) electrons. The molecule has 3 heterocycles. The summed E-state index contributed by atoms with van der Waals surface area (Å²) < 4.78 is 15.4. The molecule has 0 unspecified atom stereocenters. The van der Waals surface area contributed by atoms with Gasteiger partial charge in [0.15, 0.2) is 5.11 Å². The van der Waals surface area contributed by atoms with Crippen LogP contribution < -0.4 is 10.6 Å². The minimum Gasteiger partial charge on any atom is -0.352 e. The molecule has 2 N–H and O–H groups in total. The largest absolute Gasteiger partial charge is 0.352 e. The maximum Gasteiger partial charge on any atom is 0.226 e. The fourth-order valence-corrected chi connectivity index (χ4v) is 5.02. The van der Waals surface area contributed by atoms with Crippen molar-refractivity contribution in [1.82, 2.24) is 19.8 Å². The first-order valence-corrected chi connectivity index (χ1v) is 12.6. The zero-order valence-electron chi connectivity index (χ0n) is 20.7. The number of nitrogens with zero attached hydrogens (tertiary/aromatic N) is 3. The third-order valence-electron chi connectivity index (χ3n) is 6.76. The minimum atomic E-state index is -0.346. The van der Waals surface area contributed by atoms with Crippen LogP contribution in [0.3, 0.4) is 0 Å². The third-order valence-corrected chi connectivity index (χ3v) is 7.11. The number of hydrogen-bond donors (Lipinski definition) is 2. The molecule has 0 bridgehead atoms. The van der Waals surface area contributed by atoms with Crippen LogP contribution in [-0.4, -0.2) is 32.0 Å². The zero-order valence-corrected chi connectivity index (χ0v) is 21.5. The van der Waals surface area contributed by atoms with Crippen LogP contribution in [0.1, 0.15) is 41.0 Å². The maximum absolute atomic E-state index is 13.2. The molecule has 0 aliphatic carbocycles. The molecule has 2 aromatic carbocycles. The standard InChI is InChI=1S/C29H28FN5OS/c1-19-8-13-23(18-20(19)2)34-16-5-7-25(34)28-27(24-6-3-4-15-31-24)33-29(37)35(28)17-14-26(36)32-22-11-9-21(30)10-12-22/h3-13,15-16,18,27-28H,14,17H2,1-2H3,(H,32,36)(H,33,37)/t27-,28-/m0/s1. The van der Waals surface area contributed by atoms with Gasteiger partial charge in [0.25, 0.3) is 0 Å². The first-order valence-electron chi connectivity index (χ1n) is 12.2. The maximum atomic E-state index is 13.2. The third kappa shape index (κ3) is 5.24. The number of carbonyl (C=O) groups excluding carboxylic acids is 1. The summed E-state index contributed by atoms with van der Waals surface area (Å²) in [6.07, 6.45) is 4.04. The molecule has 1 amide bonds. The highest BCUT2D eigenvalue weighted by molar-refractivity contribution is 7.80. The number of aryl methyl sites for hydroxylation is 2. The summed E-state index contributed by atoms with van der Waals surface area (Å²) in [4.78, 5) is 19.4. The molecular weight excluding hydrogens is 485 g/mol. The van der Waals surface area contributed by atoms with Crippen LogP contribution in [0.5, 0.6) is 0 Å². The van der Waals surface area contributed by atoms with E-state index in [1.54, 1.807) is 18.3 Å².